The zero-order valence-electron chi connectivity index (χ0n) is 10.3. The van der Waals surface area contributed by atoms with Crippen molar-refractivity contribution in [2.45, 2.75) is 69.9 Å². The van der Waals surface area contributed by atoms with Crippen molar-refractivity contribution >= 4 is 0 Å². The van der Waals surface area contributed by atoms with Crippen LogP contribution < -0.4 is 5.73 Å². The highest BCUT2D eigenvalue weighted by molar-refractivity contribution is 5.12. The van der Waals surface area contributed by atoms with Crippen LogP contribution in [0.3, 0.4) is 0 Å². The minimum atomic E-state index is 0.297. The van der Waals surface area contributed by atoms with Gasteiger partial charge < -0.3 is 10.5 Å². The molecule has 0 radical (unpaired) electrons. The van der Waals surface area contributed by atoms with Crippen LogP contribution in [0.2, 0.25) is 0 Å². The fraction of sp³-hybridized carbons (Fsp3) is 0.857. The van der Waals surface area contributed by atoms with Gasteiger partial charge in [-0.15, -0.1) is 0 Å². The van der Waals surface area contributed by atoms with E-state index in [2.05, 4.69) is 6.08 Å². The van der Waals surface area contributed by atoms with Gasteiger partial charge in [-0.3, -0.25) is 0 Å². The fourth-order valence-corrected chi connectivity index (χ4v) is 2.79. The lowest BCUT2D eigenvalue weighted by molar-refractivity contribution is 0.00954. The van der Waals surface area contributed by atoms with Crippen molar-refractivity contribution in [2.75, 3.05) is 6.61 Å². The molecular weight excluding hydrogens is 198 g/mol. The van der Waals surface area contributed by atoms with E-state index in [0.717, 1.165) is 19.4 Å². The third-order valence-corrected chi connectivity index (χ3v) is 3.88. The first-order valence-electron chi connectivity index (χ1n) is 6.92. The molecule has 2 rings (SSSR count). The molecular formula is C14H25NO. The predicted molar refractivity (Wildman–Crippen MR) is 67.4 cm³/mol. The van der Waals surface area contributed by atoms with E-state index < -0.39 is 0 Å². The maximum atomic E-state index is 6.24. The van der Waals surface area contributed by atoms with Crippen LogP contribution in [0.15, 0.2) is 11.6 Å². The van der Waals surface area contributed by atoms with Gasteiger partial charge in [0.05, 0.1) is 6.10 Å². The van der Waals surface area contributed by atoms with Gasteiger partial charge in [0.2, 0.25) is 0 Å². The zero-order chi connectivity index (χ0) is 11.2. The second-order valence-electron chi connectivity index (χ2n) is 5.20. The van der Waals surface area contributed by atoms with Crippen molar-refractivity contribution in [3.8, 4) is 0 Å². The van der Waals surface area contributed by atoms with Crippen LogP contribution in [-0.4, -0.2) is 18.8 Å². The van der Waals surface area contributed by atoms with Gasteiger partial charge in [0.15, 0.2) is 0 Å². The SMILES string of the molecule is NC(CCC1CCCCO1)C1=CCCCC1. The van der Waals surface area contributed by atoms with Crippen LogP contribution in [0.4, 0.5) is 0 Å². The Labute approximate surface area is 99.2 Å². The summed E-state index contributed by atoms with van der Waals surface area (Å²) in [5.41, 5.74) is 7.74. The van der Waals surface area contributed by atoms with Gasteiger partial charge in [0.1, 0.15) is 0 Å². The molecule has 0 aromatic carbocycles. The third kappa shape index (κ3) is 3.60. The molecule has 0 spiro atoms. The summed E-state index contributed by atoms with van der Waals surface area (Å²) >= 11 is 0. The second-order valence-corrected chi connectivity index (χ2v) is 5.20. The molecule has 0 bridgehead atoms. The summed E-state index contributed by atoms with van der Waals surface area (Å²) < 4.78 is 5.74. The molecule has 0 amide bonds. The average molecular weight is 223 g/mol. The molecule has 2 atom stereocenters. The molecule has 2 unspecified atom stereocenters. The lowest BCUT2D eigenvalue weighted by Gasteiger charge is -2.25. The van der Waals surface area contributed by atoms with Crippen molar-refractivity contribution in [3.63, 3.8) is 0 Å². The van der Waals surface area contributed by atoms with Gasteiger partial charge >= 0.3 is 0 Å². The van der Waals surface area contributed by atoms with E-state index in [4.69, 9.17) is 10.5 Å². The standard InChI is InChI=1S/C14H25NO/c15-14(12-6-2-1-3-7-12)10-9-13-8-4-5-11-16-13/h6,13-14H,1-5,7-11,15H2. The molecule has 92 valence electrons. The highest BCUT2D eigenvalue weighted by Gasteiger charge is 2.17. The van der Waals surface area contributed by atoms with Gasteiger partial charge in [0, 0.05) is 12.6 Å². The normalized spacial score (nSPS) is 28.6. The maximum Gasteiger partial charge on any atom is 0.0575 e. The molecule has 1 fully saturated rings. The number of ether oxygens (including phenoxy) is 1. The van der Waals surface area contributed by atoms with E-state index in [1.165, 1.54) is 50.5 Å². The number of hydrogen-bond acceptors (Lipinski definition) is 2. The van der Waals surface area contributed by atoms with E-state index in [1.54, 1.807) is 0 Å². The summed E-state index contributed by atoms with van der Waals surface area (Å²) in [4.78, 5) is 0. The van der Waals surface area contributed by atoms with Crippen LogP contribution in [0.25, 0.3) is 0 Å². The first-order valence-corrected chi connectivity index (χ1v) is 6.92. The van der Waals surface area contributed by atoms with E-state index in [-0.39, 0.29) is 0 Å². The molecule has 1 aliphatic carbocycles. The number of hydrogen-bond donors (Lipinski definition) is 1. The van der Waals surface area contributed by atoms with Crippen LogP contribution in [0.1, 0.15) is 57.8 Å². The summed E-state index contributed by atoms with van der Waals surface area (Å²) in [5, 5.41) is 0. The molecule has 0 aromatic rings. The molecule has 0 aromatic heterocycles. The lowest BCUT2D eigenvalue weighted by Crippen LogP contribution is -2.27. The summed E-state index contributed by atoms with van der Waals surface area (Å²) in [6.45, 7) is 0.961. The Hall–Kier alpha value is -0.340. The number of nitrogens with two attached hydrogens (primary N) is 1. The summed E-state index contributed by atoms with van der Waals surface area (Å²) in [6, 6.07) is 0.297. The maximum absolute atomic E-state index is 6.24. The lowest BCUT2D eigenvalue weighted by atomic mass is 9.91. The Morgan fingerprint density at radius 2 is 2.25 bits per heavy atom. The molecule has 1 saturated heterocycles. The van der Waals surface area contributed by atoms with Crippen molar-refractivity contribution < 1.29 is 4.74 Å². The quantitative estimate of drug-likeness (QED) is 0.743. The monoisotopic (exact) mass is 223 g/mol. The molecule has 2 aliphatic rings. The summed E-state index contributed by atoms with van der Waals surface area (Å²) in [6.07, 6.45) is 14.1. The van der Waals surface area contributed by atoms with Crippen molar-refractivity contribution in [3.05, 3.63) is 11.6 Å². The first-order chi connectivity index (χ1) is 7.86. The molecule has 2 N–H and O–H groups in total. The molecule has 0 saturated carbocycles. The van der Waals surface area contributed by atoms with Crippen molar-refractivity contribution in [1.29, 1.82) is 0 Å². The fourth-order valence-electron chi connectivity index (χ4n) is 2.79. The highest BCUT2D eigenvalue weighted by Crippen LogP contribution is 2.23. The molecule has 16 heavy (non-hydrogen) atoms. The molecule has 1 aliphatic heterocycles. The van der Waals surface area contributed by atoms with Crippen molar-refractivity contribution in [1.82, 2.24) is 0 Å². The Kier molecular flexibility index (Phi) is 4.86. The van der Waals surface area contributed by atoms with Gasteiger partial charge in [-0.05, 0) is 57.8 Å². The van der Waals surface area contributed by atoms with Gasteiger partial charge in [0.25, 0.3) is 0 Å². The predicted octanol–water partition coefficient (Wildman–Crippen LogP) is 3.16. The minimum Gasteiger partial charge on any atom is -0.378 e. The van der Waals surface area contributed by atoms with Gasteiger partial charge in [-0.25, -0.2) is 0 Å². The van der Waals surface area contributed by atoms with E-state index in [1.807, 2.05) is 0 Å². The topological polar surface area (TPSA) is 35.2 Å². The Balaban J connectivity index is 1.69. The zero-order valence-corrected chi connectivity index (χ0v) is 10.3. The van der Waals surface area contributed by atoms with E-state index in [0.29, 0.717) is 12.1 Å². The minimum absolute atomic E-state index is 0.297. The smallest absolute Gasteiger partial charge is 0.0575 e. The number of rotatable bonds is 4. The van der Waals surface area contributed by atoms with Crippen molar-refractivity contribution in [2.24, 2.45) is 5.73 Å². The van der Waals surface area contributed by atoms with Gasteiger partial charge in [-0.2, -0.15) is 0 Å². The third-order valence-electron chi connectivity index (χ3n) is 3.88. The first kappa shape index (κ1) is 12.1. The largest absolute Gasteiger partial charge is 0.378 e. The molecule has 2 heteroatoms. The van der Waals surface area contributed by atoms with E-state index in [9.17, 15) is 0 Å². The van der Waals surface area contributed by atoms with Crippen LogP contribution >= 0.6 is 0 Å². The van der Waals surface area contributed by atoms with E-state index >= 15 is 0 Å². The number of allylic oxidation sites excluding steroid dienone is 1. The molecule has 2 nitrogen and oxygen atoms in total. The van der Waals surface area contributed by atoms with Gasteiger partial charge in [-0.1, -0.05) is 11.6 Å². The Bertz CT molecular complexity index is 231. The molecule has 1 heterocycles. The Morgan fingerprint density at radius 3 is 2.94 bits per heavy atom. The van der Waals surface area contributed by atoms with Crippen LogP contribution in [0.5, 0.6) is 0 Å². The summed E-state index contributed by atoms with van der Waals surface area (Å²) in [5.74, 6) is 0. The summed E-state index contributed by atoms with van der Waals surface area (Å²) in [7, 11) is 0. The van der Waals surface area contributed by atoms with Crippen LogP contribution in [0, 0.1) is 0 Å². The second kappa shape index (κ2) is 6.41. The highest BCUT2D eigenvalue weighted by atomic mass is 16.5. The van der Waals surface area contributed by atoms with Crippen LogP contribution in [-0.2, 0) is 4.74 Å². The Morgan fingerprint density at radius 1 is 1.31 bits per heavy atom. The average Bonchev–Trinajstić information content (AvgIpc) is 2.38.